The molecule has 1 amide bonds. The second-order valence-corrected chi connectivity index (χ2v) is 2.82. The van der Waals surface area contributed by atoms with E-state index in [9.17, 15) is 9.59 Å². The summed E-state index contributed by atoms with van der Waals surface area (Å²) in [4.78, 5) is 22.9. The number of carbonyl (C=O) groups excluding carboxylic acids is 1. The first-order valence-corrected chi connectivity index (χ1v) is 4.01. The quantitative estimate of drug-likeness (QED) is 0.606. The summed E-state index contributed by atoms with van der Waals surface area (Å²) in [6.45, 7) is 1.35. The van der Waals surface area contributed by atoms with Crippen molar-refractivity contribution in [2.45, 2.75) is 19.3 Å². The molecule has 0 aromatic rings. The molecule has 0 atom stereocenters. The fourth-order valence-electron chi connectivity index (χ4n) is 1.24. The van der Waals surface area contributed by atoms with Crippen LogP contribution in [0.5, 0.6) is 0 Å². The summed E-state index contributed by atoms with van der Waals surface area (Å²) in [5, 5.41) is 8.36. The Kier molecular flexibility index (Phi) is 3.08. The molecule has 1 aliphatic heterocycles. The molecule has 0 saturated carbocycles. The van der Waals surface area contributed by atoms with E-state index in [0.29, 0.717) is 13.1 Å². The van der Waals surface area contributed by atoms with Gasteiger partial charge in [0.1, 0.15) is 6.42 Å². The van der Waals surface area contributed by atoms with Crippen molar-refractivity contribution in [3.05, 3.63) is 6.42 Å². The summed E-state index contributed by atoms with van der Waals surface area (Å²) >= 11 is 0. The third kappa shape index (κ3) is 2.53. The van der Waals surface area contributed by atoms with Gasteiger partial charge in [-0.15, -0.1) is 0 Å². The van der Waals surface area contributed by atoms with Crippen LogP contribution in [-0.2, 0) is 9.59 Å². The second kappa shape index (κ2) is 4.09. The minimum absolute atomic E-state index is 0.268. The van der Waals surface area contributed by atoms with Gasteiger partial charge in [0.25, 0.3) is 0 Å². The van der Waals surface area contributed by atoms with Crippen LogP contribution in [0.2, 0.25) is 0 Å². The summed E-state index contributed by atoms with van der Waals surface area (Å²) < 4.78 is 0. The highest BCUT2D eigenvalue weighted by Gasteiger charge is 2.18. The van der Waals surface area contributed by atoms with Crippen molar-refractivity contribution in [3.8, 4) is 0 Å². The maximum Gasteiger partial charge on any atom is 0.312 e. The largest absolute Gasteiger partial charge is 0.481 e. The number of carboxylic acid groups (broad SMARTS) is 1. The minimum atomic E-state index is -1.05. The lowest BCUT2D eigenvalue weighted by atomic mass is 10.1. The Morgan fingerprint density at radius 3 is 2.42 bits per heavy atom. The highest BCUT2D eigenvalue weighted by molar-refractivity contribution is 5.93. The van der Waals surface area contributed by atoms with E-state index in [1.165, 1.54) is 0 Å². The number of piperidine rings is 1. The third-order valence-electron chi connectivity index (χ3n) is 1.86. The Balaban J connectivity index is 2.34. The Labute approximate surface area is 71.2 Å². The zero-order valence-electron chi connectivity index (χ0n) is 6.82. The van der Waals surface area contributed by atoms with Crippen LogP contribution >= 0.6 is 0 Å². The van der Waals surface area contributed by atoms with Gasteiger partial charge in [0, 0.05) is 13.1 Å². The molecule has 0 spiro atoms. The molecule has 1 radical (unpaired) electrons. The summed E-state index contributed by atoms with van der Waals surface area (Å²) in [5.74, 6) is -1.31. The third-order valence-corrected chi connectivity index (χ3v) is 1.86. The first-order valence-electron chi connectivity index (χ1n) is 4.01. The van der Waals surface area contributed by atoms with Crippen LogP contribution < -0.4 is 0 Å². The predicted molar refractivity (Wildman–Crippen MR) is 42.4 cm³/mol. The fraction of sp³-hybridized carbons (Fsp3) is 0.625. The van der Waals surface area contributed by atoms with Crippen LogP contribution in [-0.4, -0.2) is 35.0 Å². The zero-order valence-corrected chi connectivity index (χ0v) is 6.82. The first kappa shape index (κ1) is 9.03. The topological polar surface area (TPSA) is 57.6 Å². The summed E-state index contributed by atoms with van der Waals surface area (Å²) in [6, 6.07) is 0. The molecule has 0 bridgehead atoms. The molecule has 4 nitrogen and oxygen atoms in total. The number of aliphatic carboxylic acids is 1. The monoisotopic (exact) mass is 170 g/mol. The van der Waals surface area contributed by atoms with Gasteiger partial charge in [-0.1, -0.05) is 0 Å². The van der Waals surface area contributed by atoms with Gasteiger partial charge in [-0.3, -0.25) is 9.59 Å². The van der Waals surface area contributed by atoms with Gasteiger partial charge in [-0.2, -0.15) is 0 Å². The number of carboxylic acids is 1. The van der Waals surface area contributed by atoms with E-state index in [1.54, 1.807) is 4.90 Å². The summed E-state index contributed by atoms with van der Waals surface area (Å²) in [7, 11) is 0. The molecule has 1 heterocycles. The summed E-state index contributed by atoms with van der Waals surface area (Å²) in [5.41, 5.74) is 0. The highest BCUT2D eigenvalue weighted by Crippen LogP contribution is 2.08. The van der Waals surface area contributed by atoms with Crippen molar-refractivity contribution in [2.75, 3.05) is 13.1 Å². The van der Waals surface area contributed by atoms with E-state index in [2.05, 4.69) is 6.42 Å². The molecule has 12 heavy (non-hydrogen) atoms. The standard InChI is InChI=1S/C8H12NO3/c10-7(6-8(11)12)9-4-2-1-3-5-9/h1H,2-6H2,(H,11,12). The van der Waals surface area contributed by atoms with Gasteiger partial charge in [0.15, 0.2) is 0 Å². The van der Waals surface area contributed by atoms with Crippen molar-refractivity contribution in [1.82, 2.24) is 4.90 Å². The van der Waals surface area contributed by atoms with E-state index < -0.39 is 5.97 Å². The molecule has 0 aromatic carbocycles. The van der Waals surface area contributed by atoms with Crippen molar-refractivity contribution in [2.24, 2.45) is 0 Å². The maximum absolute atomic E-state index is 11.1. The van der Waals surface area contributed by atoms with Crippen molar-refractivity contribution in [3.63, 3.8) is 0 Å². The Morgan fingerprint density at radius 1 is 1.33 bits per heavy atom. The number of rotatable bonds is 2. The molecule has 4 heteroatoms. The van der Waals surface area contributed by atoms with Crippen LogP contribution in [0.3, 0.4) is 0 Å². The SMILES string of the molecule is O=C(O)CC(=O)N1CC[CH]CC1. The first-order chi connectivity index (χ1) is 5.70. The average Bonchev–Trinajstić information content (AvgIpc) is 2.05. The van der Waals surface area contributed by atoms with Gasteiger partial charge < -0.3 is 10.0 Å². The number of hydrogen-bond acceptors (Lipinski definition) is 2. The maximum atomic E-state index is 11.1. The van der Waals surface area contributed by atoms with Gasteiger partial charge in [-0.05, 0) is 19.3 Å². The number of hydrogen-bond donors (Lipinski definition) is 1. The average molecular weight is 170 g/mol. The van der Waals surface area contributed by atoms with Crippen molar-refractivity contribution >= 4 is 11.9 Å². The number of nitrogens with zero attached hydrogens (tertiary/aromatic N) is 1. The molecule has 0 aliphatic carbocycles. The Morgan fingerprint density at radius 2 is 1.92 bits per heavy atom. The second-order valence-electron chi connectivity index (χ2n) is 2.82. The molecule has 67 valence electrons. The normalized spacial score (nSPS) is 17.5. The lowest BCUT2D eigenvalue weighted by molar-refractivity contribution is -0.144. The zero-order chi connectivity index (χ0) is 8.97. The number of carbonyl (C=O) groups is 2. The molecule has 1 aliphatic rings. The lowest BCUT2D eigenvalue weighted by Gasteiger charge is -2.25. The predicted octanol–water partition coefficient (Wildman–Crippen LogP) is 0.288. The Hall–Kier alpha value is -1.06. The van der Waals surface area contributed by atoms with Crippen LogP contribution in [0.4, 0.5) is 0 Å². The van der Waals surface area contributed by atoms with E-state index in [-0.39, 0.29) is 12.3 Å². The lowest BCUT2D eigenvalue weighted by Crippen LogP contribution is -2.36. The van der Waals surface area contributed by atoms with Crippen LogP contribution in [0.25, 0.3) is 0 Å². The molecule has 1 saturated heterocycles. The fourth-order valence-corrected chi connectivity index (χ4v) is 1.24. The minimum Gasteiger partial charge on any atom is -0.481 e. The van der Waals surface area contributed by atoms with Crippen molar-refractivity contribution in [1.29, 1.82) is 0 Å². The van der Waals surface area contributed by atoms with E-state index in [0.717, 1.165) is 12.8 Å². The van der Waals surface area contributed by atoms with E-state index >= 15 is 0 Å². The van der Waals surface area contributed by atoms with Crippen LogP contribution in [0, 0.1) is 6.42 Å². The van der Waals surface area contributed by atoms with Crippen LogP contribution in [0.15, 0.2) is 0 Å². The molecular formula is C8H12NO3. The van der Waals surface area contributed by atoms with Crippen LogP contribution in [0.1, 0.15) is 19.3 Å². The smallest absolute Gasteiger partial charge is 0.312 e. The molecule has 1 rings (SSSR count). The van der Waals surface area contributed by atoms with E-state index in [4.69, 9.17) is 5.11 Å². The molecule has 1 N–H and O–H groups in total. The van der Waals surface area contributed by atoms with Gasteiger partial charge in [0.2, 0.25) is 5.91 Å². The van der Waals surface area contributed by atoms with Gasteiger partial charge >= 0.3 is 5.97 Å². The Bertz CT molecular complexity index is 185. The number of amides is 1. The molecule has 0 unspecified atom stereocenters. The molecule has 0 aromatic heterocycles. The number of likely N-dealkylation sites (tertiary alicyclic amines) is 1. The molecular weight excluding hydrogens is 158 g/mol. The van der Waals surface area contributed by atoms with Gasteiger partial charge in [0.05, 0.1) is 0 Å². The van der Waals surface area contributed by atoms with Crippen molar-refractivity contribution < 1.29 is 14.7 Å². The molecule has 1 fully saturated rings. The highest BCUT2D eigenvalue weighted by atomic mass is 16.4. The van der Waals surface area contributed by atoms with E-state index in [1.807, 2.05) is 0 Å². The summed E-state index contributed by atoms with van der Waals surface area (Å²) in [6.07, 6.45) is 3.50. The van der Waals surface area contributed by atoms with Gasteiger partial charge in [-0.25, -0.2) is 0 Å².